The fourth-order valence-corrected chi connectivity index (χ4v) is 3.12. The van der Waals surface area contributed by atoms with Gasteiger partial charge in [-0.3, -0.25) is 9.59 Å². The van der Waals surface area contributed by atoms with Gasteiger partial charge >= 0.3 is 0 Å². The van der Waals surface area contributed by atoms with Crippen LogP contribution in [0.3, 0.4) is 0 Å². The second-order valence-corrected chi connectivity index (χ2v) is 8.20. The fourth-order valence-electron chi connectivity index (χ4n) is 2.27. The summed E-state index contributed by atoms with van der Waals surface area (Å²) >= 11 is 0. The van der Waals surface area contributed by atoms with Crippen molar-refractivity contribution < 1.29 is 22.4 Å². The molecule has 0 saturated heterocycles. The zero-order valence-electron chi connectivity index (χ0n) is 15.3. The van der Waals surface area contributed by atoms with Crippen LogP contribution in [0.5, 0.6) is 0 Å². The highest BCUT2D eigenvalue weighted by molar-refractivity contribution is 7.89. The second kappa shape index (κ2) is 9.33. The van der Waals surface area contributed by atoms with Gasteiger partial charge in [0.15, 0.2) is 5.76 Å². The maximum Gasteiger partial charge on any atom is 0.291 e. The SMILES string of the molecule is CCS(=O)(=O)N(C)CCCNC(=O)c1ccc(NC(=O)c2ccco2)cc1. The largest absolute Gasteiger partial charge is 0.459 e. The van der Waals surface area contributed by atoms with Crippen molar-refractivity contribution in [1.82, 2.24) is 9.62 Å². The number of furan rings is 1. The summed E-state index contributed by atoms with van der Waals surface area (Å²) in [6.07, 6.45) is 1.93. The lowest BCUT2D eigenvalue weighted by Gasteiger charge is -2.15. The van der Waals surface area contributed by atoms with Crippen molar-refractivity contribution >= 4 is 27.5 Å². The van der Waals surface area contributed by atoms with Crippen LogP contribution in [-0.4, -0.2) is 50.4 Å². The van der Waals surface area contributed by atoms with Crippen LogP contribution in [0, 0.1) is 0 Å². The zero-order chi connectivity index (χ0) is 19.9. The summed E-state index contributed by atoms with van der Waals surface area (Å²) in [4.78, 5) is 24.0. The van der Waals surface area contributed by atoms with Gasteiger partial charge in [-0.25, -0.2) is 12.7 Å². The number of anilines is 1. The van der Waals surface area contributed by atoms with Crippen molar-refractivity contribution in [3.05, 3.63) is 54.0 Å². The highest BCUT2D eigenvalue weighted by atomic mass is 32.2. The molecule has 1 heterocycles. The minimum absolute atomic E-state index is 0.0542. The quantitative estimate of drug-likeness (QED) is 0.633. The van der Waals surface area contributed by atoms with Gasteiger partial charge in [0.2, 0.25) is 10.0 Å². The predicted molar refractivity (Wildman–Crippen MR) is 102 cm³/mol. The average molecular weight is 393 g/mol. The lowest BCUT2D eigenvalue weighted by molar-refractivity contribution is 0.0952. The molecule has 0 unspecified atom stereocenters. The van der Waals surface area contributed by atoms with E-state index >= 15 is 0 Å². The first kappa shape index (κ1) is 20.7. The zero-order valence-corrected chi connectivity index (χ0v) is 16.1. The van der Waals surface area contributed by atoms with E-state index in [1.54, 1.807) is 43.3 Å². The molecule has 0 aliphatic carbocycles. The summed E-state index contributed by atoms with van der Waals surface area (Å²) in [6.45, 7) is 2.29. The third kappa shape index (κ3) is 5.93. The van der Waals surface area contributed by atoms with E-state index in [2.05, 4.69) is 10.6 Å². The van der Waals surface area contributed by atoms with E-state index in [-0.39, 0.29) is 23.3 Å². The van der Waals surface area contributed by atoms with Crippen LogP contribution >= 0.6 is 0 Å². The summed E-state index contributed by atoms with van der Waals surface area (Å²) in [5.74, 6) is -0.381. The topological polar surface area (TPSA) is 109 Å². The van der Waals surface area contributed by atoms with E-state index in [4.69, 9.17) is 4.42 Å². The van der Waals surface area contributed by atoms with E-state index < -0.39 is 10.0 Å². The molecule has 0 spiro atoms. The first-order valence-electron chi connectivity index (χ1n) is 8.50. The number of rotatable bonds is 9. The van der Waals surface area contributed by atoms with Gasteiger partial charge in [-0.05, 0) is 49.7 Å². The number of benzene rings is 1. The fraction of sp³-hybridized carbons (Fsp3) is 0.333. The van der Waals surface area contributed by atoms with Crippen molar-refractivity contribution in [1.29, 1.82) is 0 Å². The van der Waals surface area contributed by atoms with Crippen LogP contribution < -0.4 is 10.6 Å². The van der Waals surface area contributed by atoms with Gasteiger partial charge < -0.3 is 15.1 Å². The monoisotopic (exact) mass is 393 g/mol. The molecule has 0 saturated carbocycles. The number of carbonyl (C=O) groups excluding carboxylic acids is 2. The van der Waals surface area contributed by atoms with Crippen LogP contribution in [-0.2, 0) is 10.0 Å². The standard InChI is InChI=1S/C18H23N3O5S/c1-3-27(24,25)21(2)12-5-11-19-17(22)14-7-9-15(10-8-14)20-18(23)16-6-4-13-26-16/h4,6-10,13H,3,5,11-12H2,1-2H3,(H,19,22)(H,20,23). The van der Waals surface area contributed by atoms with E-state index in [0.29, 0.717) is 30.8 Å². The molecule has 146 valence electrons. The molecule has 9 heteroatoms. The molecule has 0 fully saturated rings. The Hall–Kier alpha value is -2.65. The molecule has 0 aliphatic rings. The Balaban J connectivity index is 1.79. The van der Waals surface area contributed by atoms with Crippen LogP contribution in [0.1, 0.15) is 34.3 Å². The Labute approximate surface area is 158 Å². The first-order chi connectivity index (χ1) is 12.8. The predicted octanol–water partition coefficient (Wildman–Crippen LogP) is 1.93. The molecule has 2 rings (SSSR count). The van der Waals surface area contributed by atoms with Crippen molar-refractivity contribution in [2.45, 2.75) is 13.3 Å². The van der Waals surface area contributed by atoms with Crippen LogP contribution in [0.25, 0.3) is 0 Å². The smallest absolute Gasteiger partial charge is 0.291 e. The molecule has 0 atom stereocenters. The molecule has 27 heavy (non-hydrogen) atoms. The van der Waals surface area contributed by atoms with E-state index in [1.807, 2.05) is 0 Å². The first-order valence-corrected chi connectivity index (χ1v) is 10.1. The molecule has 0 bridgehead atoms. The molecule has 2 amide bonds. The van der Waals surface area contributed by atoms with Gasteiger partial charge in [0, 0.05) is 31.4 Å². The summed E-state index contributed by atoms with van der Waals surface area (Å²) in [7, 11) is -1.68. The molecular formula is C18H23N3O5S. The Morgan fingerprint density at radius 3 is 2.41 bits per heavy atom. The minimum Gasteiger partial charge on any atom is -0.459 e. The average Bonchev–Trinajstić information content (AvgIpc) is 3.20. The summed E-state index contributed by atoms with van der Waals surface area (Å²) in [5, 5.41) is 5.41. The third-order valence-electron chi connectivity index (χ3n) is 3.92. The van der Waals surface area contributed by atoms with Gasteiger partial charge in [-0.15, -0.1) is 0 Å². The van der Waals surface area contributed by atoms with Crippen LogP contribution in [0.15, 0.2) is 47.1 Å². The Morgan fingerprint density at radius 1 is 1.11 bits per heavy atom. The maximum atomic E-state index is 12.1. The van der Waals surface area contributed by atoms with Gasteiger partial charge in [-0.2, -0.15) is 0 Å². The van der Waals surface area contributed by atoms with E-state index in [0.717, 1.165) is 0 Å². The molecule has 8 nitrogen and oxygen atoms in total. The number of sulfonamides is 1. The van der Waals surface area contributed by atoms with Crippen molar-refractivity contribution in [2.75, 3.05) is 31.2 Å². The minimum atomic E-state index is -3.20. The highest BCUT2D eigenvalue weighted by Crippen LogP contribution is 2.12. The number of hydrogen-bond acceptors (Lipinski definition) is 5. The van der Waals surface area contributed by atoms with E-state index in [9.17, 15) is 18.0 Å². The summed E-state index contributed by atoms with van der Waals surface area (Å²) < 4.78 is 29.6. The van der Waals surface area contributed by atoms with Crippen LogP contribution in [0.4, 0.5) is 5.69 Å². The Morgan fingerprint density at radius 2 is 1.81 bits per heavy atom. The van der Waals surface area contributed by atoms with Gasteiger partial charge in [0.25, 0.3) is 11.8 Å². The van der Waals surface area contributed by atoms with Gasteiger partial charge in [0.05, 0.1) is 12.0 Å². The van der Waals surface area contributed by atoms with Gasteiger partial charge in [-0.1, -0.05) is 0 Å². The Bertz CT molecular complexity index is 861. The summed E-state index contributed by atoms with van der Waals surface area (Å²) in [6, 6.07) is 9.62. The number of amides is 2. The molecule has 0 aliphatic heterocycles. The second-order valence-electron chi connectivity index (χ2n) is 5.84. The molecule has 1 aromatic heterocycles. The van der Waals surface area contributed by atoms with Gasteiger partial charge in [0.1, 0.15) is 0 Å². The molecule has 2 aromatic rings. The highest BCUT2D eigenvalue weighted by Gasteiger charge is 2.14. The van der Waals surface area contributed by atoms with Crippen molar-refractivity contribution in [3.8, 4) is 0 Å². The molecule has 2 N–H and O–H groups in total. The number of nitrogens with one attached hydrogen (secondary N) is 2. The van der Waals surface area contributed by atoms with E-state index in [1.165, 1.54) is 17.6 Å². The molecule has 1 aromatic carbocycles. The number of nitrogens with zero attached hydrogens (tertiary/aromatic N) is 1. The number of carbonyl (C=O) groups is 2. The maximum absolute atomic E-state index is 12.1. The lowest BCUT2D eigenvalue weighted by Crippen LogP contribution is -2.32. The normalized spacial score (nSPS) is 11.4. The Kier molecular flexibility index (Phi) is 7.14. The van der Waals surface area contributed by atoms with Crippen molar-refractivity contribution in [3.63, 3.8) is 0 Å². The van der Waals surface area contributed by atoms with Crippen molar-refractivity contribution in [2.24, 2.45) is 0 Å². The lowest BCUT2D eigenvalue weighted by atomic mass is 10.2. The number of hydrogen-bond donors (Lipinski definition) is 2. The third-order valence-corrected chi connectivity index (χ3v) is 5.79. The summed E-state index contributed by atoms with van der Waals surface area (Å²) in [5.41, 5.74) is 0.986. The van der Waals surface area contributed by atoms with Crippen LogP contribution in [0.2, 0.25) is 0 Å². The molecule has 0 radical (unpaired) electrons. The molecular weight excluding hydrogens is 370 g/mol.